The molecule has 0 aliphatic heterocycles. The average molecular weight is 460 g/mol. The number of nitrogens with zero attached hydrogens (tertiary/aromatic N) is 1. The van der Waals surface area contributed by atoms with Gasteiger partial charge >= 0.3 is 0 Å². The van der Waals surface area contributed by atoms with Crippen molar-refractivity contribution in [2.24, 2.45) is 0 Å². The van der Waals surface area contributed by atoms with Gasteiger partial charge in [0.05, 0.1) is 22.2 Å². The molecule has 0 radical (unpaired) electrons. The number of amides is 1. The van der Waals surface area contributed by atoms with Gasteiger partial charge in [0.25, 0.3) is 15.9 Å². The second kappa shape index (κ2) is 10.3. The first-order valence-electron chi connectivity index (χ1n) is 9.63. The van der Waals surface area contributed by atoms with Crippen molar-refractivity contribution in [2.45, 2.75) is 24.8 Å². The summed E-state index contributed by atoms with van der Waals surface area (Å²) in [7, 11) is -3.92. The van der Waals surface area contributed by atoms with Crippen LogP contribution < -0.4 is 14.8 Å². The number of halogens is 1. The third kappa shape index (κ3) is 5.96. The summed E-state index contributed by atoms with van der Waals surface area (Å²) in [6, 6.07) is 15.9. The Balaban J connectivity index is 1.73. The van der Waals surface area contributed by atoms with Crippen LogP contribution in [0.2, 0.25) is 5.02 Å². The number of hydrogen-bond acceptors (Lipinski definition) is 5. The number of sulfonamides is 1. The van der Waals surface area contributed by atoms with Crippen LogP contribution >= 0.6 is 11.6 Å². The van der Waals surface area contributed by atoms with E-state index in [-0.39, 0.29) is 27.7 Å². The largest absolute Gasteiger partial charge is 0.477 e. The first-order chi connectivity index (χ1) is 14.9. The number of carbonyl (C=O) groups is 1. The molecule has 9 heteroatoms. The number of rotatable bonds is 9. The minimum Gasteiger partial charge on any atom is -0.477 e. The number of pyridine rings is 1. The zero-order chi connectivity index (χ0) is 22.3. The van der Waals surface area contributed by atoms with Gasteiger partial charge in [0.2, 0.25) is 5.88 Å². The molecule has 0 unspecified atom stereocenters. The Labute approximate surface area is 186 Å². The molecule has 3 rings (SSSR count). The monoisotopic (exact) mass is 459 g/mol. The first-order valence-corrected chi connectivity index (χ1v) is 11.5. The van der Waals surface area contributed by atoms with E-state index >= 15 is 0 Å². The van der Waals surface area contributed by atoms with Crippen molar-refractivity contribution in [3.05, 3.63) is 83.0 Å². The van der Waals surface area contributed by atoms with Gasteiger partial charge in [-0.3, -0.25) is 9.52 Å². The molecule has 1 amide bonds. The zero-order valence-electron chi connectivity index (χ0n) is 16.8. The van der Waals surface area contributed by atoms with Gasteiger partial charge in [-0.25, -0.2) is 13.4 Å². The summed E-state index contributed by atoms with van der Waals surface area (Å²) in [6.45, 7) is 2.71. The van der Waals surface area contributed by atoms with E-state index in [9.17, 15) is 13.2 Å². The van der Waals surface area contributed by atoms with Crippen LogP contribution in [-0.4, -0.2) is 25.9 Å². The van der Waals surface area contributed by atoms with Crippen molar-refractivity contribution < 1.29 is 17.9 Å². The molecule has 0 spiro atoms. The molecule has 1 heterocycles. The lowest BCUT2D eigenvalue weighted by atomic mass is 10.2. The quantitative estimate of drug-likeness (QED) is 0.498. The molecule has 7 nitrogen and oxygen atoms in total. The number of carbonyl (C=O) groups excluding carboxylic acids is 1. The minimum absolute atomic E-state index is 0.0478. The van der Waals surface area contributed by atoms with E-state index < -0.39 is 15.9 Å². The third-order valence-corrected chi connectivity index (χ3v) is 5.95. The lowest BCUT2D eigenvalue weighted by Gasteiger charge is -2.12. The molecule has 0 fully saturated rings. The molecular weight excluding hydrogens is 438 g/mol. The molecule has 162 valence electrons. The van der Waals surface area contributed by atoms with Crippen LogP contribution in [0.1, 0.15) is 29.3 Å². The predicted molar refractivity (Wildman–Crippen MR) is 120 cm³/mol. The lowest BCUT2D eigenvalue weighted by molar-refractivity contribution is 0.0950. The Morgan fingerprint density at radius 1 is 1.10 bits per heavy atom. The van der Waals surface area contributed by atoms with Crippen molar-refractivity contribution >= 4 is 33.2 Å². The number of hydrogen-bond donors (Lipinski definition) is 2. The number of nitrogens with one attached hydrogen (secondary N) is 2. The van der Waals surface area contributed by atoms with E-state index in [1.54, 1.807) is 42.6 Å². The maximum Gasteiger partial charge on any atom is 0.261 e. The van der Waals surface area contributed by atoms with Crippen LogP contribution in [0.3, 0.4) is 0 Å². The van der Waals surface area contributed by atoms with Crippen LogP contribution in [0.5, 0.6) is 5.88 Å². The van der Waals surface area contributed by atoms with Crippen LogP contribution in [0.25, 0.3) is 0 Å². The second-order valence-corrected chi connectivity index (χ2v) is 8.70. The van der Waals surface area contributed by atoms with E-state index in [0.717, 1.165) is 12.0 Å². The van der Waals surface area contributed by atoms with Gasteiger partial charge in [0.1, 0.15) is 0 Å². The summed E-state index contributed by atoms with van der Waals surface area (Å²) in [4.78, 5) is 16.8. The number of ether oxygens (including phenoxy) is 1. The van der Waals surface area contributed by atoms with E-state index in [1.165, 1.54) is 18.2 Å². The van der Waals surface area contributed by atoms with Crippen molar-refractivity contribution in [3.8, 4) is 5.88 Å². The highest BCUT2D eigenvalue weighted by Crippen LogP contribution is 2.24. The molecule has 3 aromatic rings. The van der Waals surface area contributed by atoms with E-state index in [0.29, 0.717) is 12.5 Å². The van der Waals surface area contributed by atoms with Crippen LogP contribution in [-0.2, 0) is 16.6 Å². The van der Waals surface area contributed by atoms with Gasteiger partial charge in [-0.15, -0.1) is 0 Å². The van der Waals surface area contributed by atoms with Crippen molar-refractivity contribution in [2.75, 3.05) is 11.3 Å². The smallest absolute Gasteiger partial charge is 0.261 e. The molecule has 1 aromatic heterocycles. The molecule has 2 N–H and O–H groups in total. The summed E-state index contributed by atoms with van der Waals surface area (Å²) in [6.07, 6.45) is 2.46. The van der Waals surface area contributed by atoms with Gasteiger partial charge in [0.15, 0.2) is 0 Å². The maximum absolute atomic E-state index is 12.7. The normalized spacial score (nSPS) is 11.0. The number of anilines is 1. The molecule has 0 saturated heterocycles. The Hall–Kier alpha value is -3.10. The Bertz CT molecular complexity index is 1170. The highest BCUT2D eigenvalue weighted by atomic mass is 35.5. The number of benzene rings is 2. The van der Waals surface area contributed by atoms with Crippen LogP contribution in [0, 0.1) is 0 Å². The van der Waals surface area contributed by atoms with Crippen molar-refractivity contribution in [3.63, 3.8) is 0 Å². The zero-order valence-corrected chi connectivity index (χ0v) is 18.4. The van der Waals surface area contributed by atoms with Gasteiger partial charge in [-0.2, -0.15) is 0 Å². The highest BCUT2D eigenvalue weighted by molar-refractivity contribution is 7.92. The summed E-state index contributed by atoms with van der Waals surface area (Å²) >= 11 is 6.04. The van der Waals surface area contributed by atoms with Gasteiger partial charge < -0.3 is 10.1 Å². The van der Waals surface area contributed by atoms with Crippen LogP contribution in [0.15, 0.2) is 71.8 Å². The molecule has 0 atom stereocenters. The first kappa shape index (κ1) is 22.6. The summed E-state index contributed by atoms with van der Waals surface area (Å²) in [5.41, 5.74) is 1.20. The fourth-order valence-electron chi connectivity index (χ4n) is 2.72. The third-order valence-electron chi connectivity index (χ3n) is 4.26. The Morgan fingerprint density at radius 3 is 2.68 bits per heavy atom. The van der Waals surface area contributed by atoms with E-state index in [2.05, 4.69) is 15.0 Å². The highest BCUT2D eigenvalue weighted by Gasteiger charge is 2.18. The van der Waals surface area contributed by atoms with Gasteiger partial charge in [0, 0.05) is 23.9 Å². The van der Waals surface area contributed by atoms with E-state index in [1.807, 2.05) is 13.0 Å². The van der Waals surface area contributed by atoms with Crippen molar-refractivity contribution in [1.82, 2.24) is 10.3 Å². The molecule has 31 heavy (non-hydrogen) atoms. The molecule has 0 saturated carbocycles. The standard InChI is InChI=1S/C22H22ClN3O4S/c1-2-13-30-22-17(8-6-12-24-22)15-25-21(27)16-7-5-9-18(14-16)31(28,29)26-20-11-4-3-10-19(20)23/h3-12,14,26H,2,13,15H2,1H3,(H,25,27). The predicted octanol–water partition coefficient (Wildman–Crippen LogP) is 4.25. The summed E-state index contributed by atoms with van der Waals surface area (Å²) in [5.74, 6) is 0.0463. The minimum atomic E-state index is -3.92. The maximum atomic E-state index is 12.7. The Morgan fingerprint density at radius 2 is 1.90 bits per heavy atom. The SMILES string of the molecule is CCCOc1ncccc1CNC(=O)c1cccc(S(=O)(=O)Nc2ccccc2Cl)c1. The molecule has 0 bridgehead atoms. The van der Waals surface area contributed by atoms with Crippen molar-refractivity contribution in [1.29, 1.82) is 0 Å². The van der Waals surface area contributed by atoms with Crippen LogP contribution in [0.4, 0.5) is 5.69 Å². The number of aromatic nitrogens is 1. The average Bonchev–Trinajstić information content (AvgIpc) is 2.78. The molecule has 2 aromatic carbocycles. The molecule has 0 aliphatic rings. The van der Waals surface area contributed by atoms with E-state index in [4.69, 9.17) is 16.3 Å². The second-order valence-electron chi connectivity index (χ2n) is 6.61. The fraction of sp³-hybridized carbons (Fsp3) is 0.182. The molecular formula is C22H22ClN3O4S. The summed E-state index contributed by atoms with van der Waals surface area (Å²) in [5, 5.41) is 3.05. The lowest BCUT2D eigenvalue weighted by Crippen LogP contribution is -2.24. The Kier molecular flexibility index (Phi) is 7.49. The fourth-order valence-corrected chi connectivity index (χ4v) is 4.08. The summed E-state index contributed by atoms with van der Waals surface area (Å²) < 4.78 is 33.5. The molecule has 0 aliphatic carbocycles. The number of para-hydroxylation sites is 1. The van der Waals surface area contributed by atoms with Gasteiger partial charge in [-0.1, -0.05) is 42.8 Å². The topological polar surface area (TPSA) is 97.4 Å². The van der Waals surface area contributed by atoms with Gasteiger partial charge in [-0.05, 0) is 42.8 Å².